The molecule has 0 amide bonds. The summed E-state index contributed by atoms with van der Waals surface area (Å²) in [5, 5.41) is 6.66. The first-order chi connectivity index (χ1) is 9.17. The van der Waals surface area contributed by atoms with Crippen LogP contribution in [0.15, 0.2) is 24.3 Å². The van der Waals surface area contributed by atoms with Crippen molar-refractivity contribution in [1.29, 1.82) is 0 Å². The molecule has 2 aromatic rings. The van der Waals surface area contributed by atoms with E-state index in [0.717, 1.165) is 5.56 Å². The van der Waals surface area contributed by atoms with Crippen LogP contribution in [0.4, 0.5) is 5.69 Å². The number of halogens is 1. The molecule has 0 spiro atoms. The Labute approximate surface area is 122 Å². The lowest BCUT2D eigenvalue weighted by Crippen LogP contribution is -2.07. The van der Waals surface area contributed by atoms with Gasteiger partial charge >= 0.3 is 5.97 Å². The van der Waals surface area contributed by atoms with E-state index in [1.54, 1.807) is 20.1 Å². The van der Waals surface area contributed by atoms with Gasteiger partial charge in [-0.25, -0.2) is 4.79 Å². The van der Waals surface area contributed by atoms with Crippen LogP contribution in [0, 0.1) is 0 Å². The summed E-state index contributed by atoms with van der Waals surface area (Å²) in [5.41, 5.74) is 7.63. The molecule has 20 heavy (non-hydrogen) atoms. The monoisotopic (exact) mass is 297 g/mol. The number of rotatable bonds is 4. The number of nitrogens with one attached hydrogen (secondary N) is 1. The molecule has 0 atom stereocenters. The Kier molecular flexibility index (Phi) is 5.40. The third-order valence-corrected chi connectivity index (χ3v) is 2.63. The van der Waals surface area contributed by atoms with E-state index in [-0.39, 0.29) is 30.4 Å². The molecule has 0 saturated heterocycles. The molecule has 0 fully saturated rings. The molecule has 6 nitrogen and oxygen atoms in total. The number of aromatic amines is 1. The van der Waals surface area contributed by atoms with Crippen LogP contribution in [0.3, 0.4) is 0 Å². The maximum Gasteiger partial charge on any atom is 0.358 e. The predicted molar refractivity (Wildman–Crippen MR) is 78.2 cm³/mol. The number of nitrogens with two attached hydrogens (primary N) is 1. The molecule has 0 bridgehead atoms. The molecule has 1 aromatic carbocycles. The van der Waals surface area contributed by atoms with E-state index in [1.807, 2.05) is 18.2 Å². The number of nitrogen functional groups attached to an aromatic ring is 1. The lowest BCUT2D eigenvalue weighted by atomic mass is 10.1. The standard InChI is InChI=1S/C13H15N3O3.ClH/c1-3-19-13(17)12-10(14)11(15-16-12)8-5-4-6-9(7-8)18-2;/h4-7H,3,14H2,1-2H3,(H,15,16);1H. The fourth-order valence-corrected chi connectivity index (χ4v) is 1.70. The van der Waals surface area contributed by atoms with E-state index < -0.39 is 5.97 Å². The van der Waals surface area contributed by atoms with E-state index in [4.69, 9.17) is 15.2 Å². The Hall–Kier alpha value is -2.21. The number of aromatic nitrogens is 2. The summed E-state index contributed by atoms with van der Waals surface area (Å²) in [4.78, 5) is 11.6. The van der Waals surface area contributed by atoms with E-state index in [0.29, 0.717) is 11.4 Å². The molecule has 0 aliphatic rings. The number of H-pyrrole nitrogens is 1. The second-order valence-corrected chi connectivity index (χ2v) is 3.81. The first-order valence-corrected chi connectivity index (χ1v) is 5.82. The fraction of sp³-hybridized carbons (Fsp3) is 0.231. The van der Waals surface area contributed by atoms with Crippen molar-refractivity contribution in [2.45, 2.75) is 6.92 Å². The van der Waals surface area contributed by atoms with Crippen LogP contribution in [-0.2, 0) is 4.74 Å². The quantitative estimate of drug-likeness (QED) is 0.845. The van der Waals surface area contributed by atoms with Gasteiger partial charge in [-0.05, 0) is 19.1 Å². The average molecular weight is 298 g/mol. The van der Waals surface area contributed by atoms with Crippen molar-refractivity contribution in [2.24, 2.45) is 0 Å². The Balaban J connectivity index is 0.00000200. The van der Waals surface area contributed by atoms with Gasteiger partial charge in [-0.3, -0.25) is 5.10 Å². The van der Waals surface area contributed by atoms with Crippen LogP contribution < -0.4 is 10.5 Å². The van der Waals surface area contributed by atoms with Gasteiger partial charge in [0.1, 0.15) is 11.4 Å². The highest BCUT2D eigenvalue weighted by molar-refractivity contribution is 5.96. The van der Waals surface area contributed by atoms with E-state index in [9.17, 15) is 4.79 Å². The van der Waals surface area contributed by atoms with Gasteiger partial charge in [0.25, 0.3) is 0 Å². The molecule has 0 saturated carbocycles. The summed E-state index contributed by atoms with van der Waals surface area (Å²) in [7, 11) is 1.58. The second-order valence-electron chi connectivity index (χ2n) is 3.81. The minimum atomic E-state index is -0.512. The van der Waals surface area contributed by atoms with Gasteiger partial charge in [0, 0.05) is 5.56 Å². The Bertz CT molecular complexity index is 598. The molecule has 0 aliphatic carbocycles. The van der Waals surface area contributed by atoms with Gasteiger partial charge in [-0.2, -0.15) is 5.10 Å². The highest BCUT2D eigenvalue weighted by Crippen LogP contribution is 2.28. The van der Waals surface area contributed by atoms with Crippen LogP contribution in [0.1, 0.15) is 17.4 Å². The number of carbonyl (C=O) groups is 1. The topological polar surface area (TPSA) is 90.2 Å². The number of esters is 1. The number of anilines is 1. The Morgan fingerprint density at radius 3 is 2.85 bits per heavy atom. The molecule has 0 unspecified atom stereocenters. The minimum absolute atomic E-state index is 0. The summed E-state index contributed by atoms with van der Waals surface area (Å²) < 4.78 is 10.0. The number of hydrogen-bond donors (Lipinski definition) is 2. The summed E-state index contributed by atoms with van der Waals surface area (Å²) in [6.45, 7) is 2.01. The Morgan fingerprint density at radius 1 is 1.45 bits per heavy atom. The third-order valence-electron chi connectivity index (χ3n) is 2.63. The van der Waals surface area contributed by atoms with Gasteiger partial charge in [-0.15, -0.1) is 12.4 Å². The summed E-state index contributed by atoms with van der Waals surface area (Å²) in [5.74, 6) is 0.180. The smallest absolute Gasteiger partial charge is 0.358 e. The number of benzene rings is 1. The Morgan fingerprint density at radius 2 is 2.20 bits per heavy atom. The first-order valence-electron chi connectivity index (χ1n) is 5.82. The summed E-state index contributed by atoms with van der Waals surface area (Å²) >= 11 is 0. The van der Waals surface area contributed by atoms with E-state index in [2.05, 4.69) is 10.2 Å². The van der Waals surface area contributed by atoms with Crippen molar-refractivity contribution < 1.29 is 14.3 Å². The van der Waals surface area contributed by atoms with Crippen molar-refractivity contribution in [3.8, 4) is 17.0 Å². The van der Waals surface area contributed by atoms with Crippen molar-refractivity contribution in [2.75, 3.05) is 19.5 Å². The number of carbonyl (C=O) groups excluding carboxylic acids is 1. The zero-order valence-corrected chi connectivity index (χ0v) is 12.0. The summed E-state index contributed by atoms with van der Waals surface area (Å²) in [6, 6.07) is 7.27. The molecule has 0 aliphatic heterocycles. The molecular weight excluding hydrogens is 282 g/mol. The molecule has 7 heteroatoms. The number of hydrogen-bond acceptors (Lipinski definition) is 5. The van der Waals surface area contributed by atoms with E-state index in [1.165, 1.54) is 0 Å². The van der Waals surface area contributed by atoms with Crippen LogP contribution in [0.5, 0.6) is 5.75 Å². The molecule has 108 valence electrons. The maximum absolute atomic E-state index is 11.6. The highest BCUT2D eigenvalue weighted by Gasteiger charge is 2.18. The third kappa shape index (κ3) is 3.03. The molecule has 1 heterocycles. The normalized spacial score (nSPS) is 9.70. The second kappa shape index (κ2) is 6.81. The van der Waals surface area contributed by atoms with Crippen LogP contribution in [-0.4, -0.2) is 29.9 Å². The zero-order valence-electron chi connectivity index (χ0n) is 11.2. The largest absolute Gasteiger partial charge is 0.497 e. The van der Waals surface area contributed by atoms with Crippen LogP contribution in [0.25, 0.3) is 11.3 Å². The number of nitrogens with zero attached hydrogens (tertiary/aromatic N) is 1. The molecule has 2 rings (SSSR count). The van der Waals surface area contributed by atoms with Crippen LogP contribution >= 0.6 is 12.4 Å². The van der Waals surface area contributed by atoms with Gasteiger partial charge in [0.05, 0.1) is 19.4 Å². The van der Waals surface area contributed by atoms with Crippen molar-refractivity contribution >= 4 is 24.1 Å². The lowest BCUT2D eigenvalue weighted by Gasteiger charge is -2.03. The number of ether oxygens (including phenoxy) is 2. The highest BCUT2D eigenvalue weighted by atomic mass is 35.5. The molecule has 3 N–H and O–H groups in total. The molecule has 1 aromatic heterocycles. The molecular formula is C13H16ClN3O3. The minimum Gasteiger partial charge on any atom is -0.497 e. The van der Waals surface area contributed by atoms with Gasteiger partial charge in [-0.1, -0.05) is 12.1 Å². The van der Waals surface area contributed by atoms with Crippen molar-refractivity contribution in [1.82, 2.24) is 10.2 Å². The SMILES string of the molecule is CCOC(=O)c1[nH]nc(-c2cccc(OC)c2)c1N.Cl. The first kappa shape index (κ1) is 15.8. The van der Waals surface area contributed by atoms with Crippen LogP contribution in [0.2, 0.25) is 0 Å². The molecule has 0 radical (unpaired) electrons. The van der Waals surface area contributed by atoms with Gasteiger partial charge in [0.2, 0.25) is 0 Å². The van der Waals surface area contributed by atoms with E-state index >= 15 is 0 Å². The van der Waals surface area contributed by atoms with Gasteiger partial charge in [0.15, 0.2) is 5.69 Å². The average Bonchev–Trinajstić information content (AvgIpc) is 2.81. The number of methoxy groups -OCH3 is 1. The van der Waals surface area contributed by atoms with Gasteiger partial charge < -0.3 is 15.2 Å². The zero-order chi connectivity index (χ0) is 13.8. The van der Waals surface area contributed by atoms with Crippen molar-refractivity contribution in [3.05, 3.63) is 30.0 Å². The van der Waals surface area contributed by atoms with Crippen molar-refractivity contribution in [3.63, 3.8) is 0 Å². The maximum atomic E-state index is 11.6. The summed E-state index contributed by atoms with van der Waals surface area (Å²) in [6.07, 6.45) is 0. The lowest BCUT2D eigenvalue weighted by molar-refractivity contribution is 0.0520. The predicted octanol–water partition coefficient (Wildman–Crippen LogP) is 2.27. The fourth-order valence-electron chi connectivity index (χ4n) is 1.70.